The molecule has 0 saturated heterocycles. The number of aryl methyl sites for hydroxylation is 1. The third-order valence-electron chi connectivity index (χ3n) is 7.16. The summed E-state index contributed by atoms with van der Waals surface area (Å²) in [4.78, 5) is 31.1. The minimum atomic E-state index is -0.439. The first-order chi connectivity index (χ1) is 16.6. The molecule has 4 nitrogen and oxygen atoms in total. The van der Waals surface area contributed by atoms with Crippen LogP contribution in [-0.4, -0.2) is 23.3 Å². The second kappa shape index (κ2) is 8.21. The van der Waals surface area contributed by atoms with Gasteiger partial charge in [0.15, 0.2) is 12.4 Å². The Balaban J connectivity index is 1.25. The Morgan fingerprint density at radius 2 is 1.76 bits per heavy atom. The summed E-state index contributed by atoms with van der Waals surface area (Å²) in [6.45, 7) is 1.93. The minimum Gasteiger partial charge on any atom is -0.454 e. The van der Waals surface area contributed by atoms with Gasteiger partial charge in [-0.05, 0) is 71.6 Å². The van der Waals surface area contributed by atoms with Crippen LogP contribution >= 0.6 is 0 Å². The van der Waals surface area contributed by atoms with Crippen LogP contribution in [0, 0.1) is 5.92 Å². The molecule has 6 rings (SSSR count). The van der Waals surface area contributed by atoms with Crippen LogP contribution in [0.1, 0.15) is 56.4 Å². The topological polar surface area (TPSA) is 56.3 Å². The number of benzene rings is 3. The summed E-state index contributed by atoms with van der Waals surface area (Å²) < 4.78 is 5.62. The molecule has 4 heteroatoms. The lowest BCUT2D eigenvalue weighted by Gasteiger charge is -2.24. The highest BCUT2D eigenvalue weighted by molar-refractivity contribution is 6.06. The van der Waals surface area contributed by atoms with Crippen molar-refractivity contribution in [3.8, 4) is 11.1 Å². The van der Waals surface area contributed by atoms with Gasteiger partial charge in [0.05, 0.1) is 11.1 Å². The maximum atomic E-state index is 13.3. The molecule has 2 aliphatic rings. The van der Waals surface area contributed by atoms with E-state index < -0.39 is 5.97 Å². The predicted molar refractivity (Wildman–Crippen MR) is 132 cm³/mol. The number of nitrogens with zero attached hydrogens (tertiary/aromatic N) is 1. The molecule has 0 radical (unpaired) electrons. The Morgan fingerprint density at radius 3 is 2.68 bits per heavy atom. The van der Waals surface area contributed by atoms with Crippen LogP contribution in [0.5, 0.6) is 0 Å². The van der Waals surface area contributed by atoms with Crippen molar-refractivity contribution >= 4 is 22.7 Å². The van der Waals surface area contributed by atoms with E-state index in [4.69, 9.17) is 9.72 Å². The quantitative estimate of drug-likeness (QED) is 0.252. The van der Waals surface area contributed by atoms with E-state index in [1.165, 1.54) is 16.7 Å². The Bertz CT molecular complexity index is 1470. The van der Waals surface area contributed by atoms with Gasteiger partial charge in [0.1, 0.15) is 0 Å². The van der Waals surface area contributed by atoms with E-state index in [2.05, 4.69) is 19.1 Å². The number of pyridine rings is 1. The van der Waals surface area contributed by atoms with E-state index in [-0.39, 0.29) is 12.4 Å². The molecular formula is C30H25NO3. The van der Waals surface area contributed by atoms with Gasteiger partial charge in [-0.3, -0.25) is 9.78 Å². The van der Waals surface area contributed by atoms with Crippen LogP contribution in [0.3, 0.4) is 0 Å². The number of ketones is 1. The molecule has 0 bridgehead atoms. The number of hydrogen-bond acceptors (Lipinski definition) is 4. The van der Waals surface area contributed by atoms with Crippen molar-refractivity contribution in [2.45, 2.75) is 32.6 Å². The molecule has 1 heterocycles. The molecule has 1 aromatic heterocycles. The summed E-state index contributed by atoms with van der Waals surface area (Å²) in [5.41, 5.74) is 8.72. The SMILES string of the molecule is CC1CCc2nc3ccccc3c(C(=O)OCC(=O)c3ccc4c(c3)Cc3ccccc3-4)c2C1. The predicted octanol–water partition coefficient (Wildman–Crippen LogP) is 5.97. The van der Waals surface area contributed by atoms with Crippen LogP contribution in [-0.2, 0) is 24.0 Å². The van der Waals surface area contributed by atoms with Crippen molar-refractivity contribution in [3.05, 3.63) is 100 Å². The first kappa shape index (κ1) is 20.8. The van der Waals surface area contributed by atoms with Gasteiger partial charge in [-0.2, -0.15) is 0 Å². The van der Waals surface area contributed by atoms with Crippen molar-refractivity contribution in [2.75, 3.05) is 6.61 Å². The van der Waals surface area contributed by atoms with Crippen molar-refractivity contribution in [1.82, 2.24) is 4.98 Å². The number of esters is 1. The van der Waals surface area contributed by atoms with E-state index >= 15 is 0 Å². The lowest BCUT2D eigenvalue weighted by atomic mass is 9.84. The highest BCUT2D eigenvalue weighted by Gasteiger charge is 2.27. The molecule has 1 unspecified atom stereocenters. The summed E-state index contributed by atoms with van der Waals surface area (Å²) in [5.74, 6) is -0.141. The molecule has 0 amide bonds. The molecule has 4 aromatic rings. The molecule has 0 fully saturated rings. The van der Waals surface area contributed by atoms with Crippen LogP contribution in [0.15, 0.2) is 66.7 Å². The maximum absolute atomic E-state index is 13.3. The van der Waals surface area contributed by atoms with Gasteiger partial charge in [-0.25, -0.2) is 4.79 Å². The highest BCUT2D eigenvalue weighted by atomic mass is 16.5. The standard InChI is InChI=1S/C30H25NO3/c1-18-10-13-27-25(14-18)29(24-8-4-5-9-26(24)31-27)30(33)34-17-28(32)20-11-12-23-21(16-20)15-19-6-2-3-7-22(19)23/h2-9,11-12,16,18H,10,13-15,17H2,1H3. The number of hydrogen-bond donors (Lipinski definition) is 0. The Kier molecular flexibility index (Phi) is 5.02. The molecule has 3 aromatic carbocycles. The monoisotopic (exact) mass is 447 g/mol. The summed E-state index contributed by atoms with van der Waals surface area (Å²) >= 11 is 0. The second-order valence-electron chi connectivity index (χ2n) is 9.48. The third kappa shape index (κ3) is 3.50. The fourth-order valence-corrected chi connectivity index (χ4v) is 5.40. The Labute approximate surface area is 198 Å². The van der Waals surface area contributed by atoms with Gasteiger partial charge < -0.3 is 4.74 Å². The normalized spacial score (nSPS) is 16.0. The third-order valence-corrected chi connectivity index (χ3v) is 7.16. The van der Waals surface area contributed by atoms with Crippen molar-refractivity contribution in [1.29, 1.82) is 0 Å². The zero-order valence-electron chi connectivity index (χ0n) is 19.1. The molecule has 1 atom stereocenters. The number of aromatic nitrogens is 1. The van der Waals surface area contributed by atoms with Crippen molar-refractivity contribution in [3.63, 3.8) is 0 Å². The number of Topliss-reactive ketones (excluding diaryl/α,β-unsaturated/α-hetero) is 1. The molecular weight excluding hydrogens is 422 g/mol. The number of carbonyl (C=O) groups is 2. The fraction of sp³-hybridized carbons (Fsp3) is 0.233. The van der Waals surface area contributed by atoms with E-state index in [0.29, 0.717) is 17.0 Å². The average Bonchev–Trinajstić information content (AvgIpc) is 3.23. The van der Waals surface area contributed by atoms with Gasteiger partial charge >= 0.3 is 5.97 Å². The first-order valence-electron chi connectivity index (χ1n) is 11.9. The highest BCUT2D eigenvalue weighted by Crippen LogP contribution is 2.37. The first-order valence-corrected chi connectivity index (χ1v) is 11.9. The zero-order chi connectivity index (χ0) is 23.2. The molecule has 0 saturated carbocycles. The van der Waals surface area contributed by atoms with Crippen molar-refractivity contribution < 1.29 is 14.3 Å². The Hall–Kier alpha value is -3.79. The smallest absolute Gasteiger partial charge is 0.339 e. The molecule has 0 spiro atoms. The van der Waals surface area contributed by atoms with E-state index in [1.807, 2.05) is 54.6 Å². The average molecular weight is 448 g/mol. The lowest BCUT2D eigenvalue weighted by Crippen LogP contribution is -2.21. The molecule has 34 heavy (non-hydrogen) atoms. The molecule has 0 aliphatic heterocycles. The summed E-state index contributed by atoms with van der Waals surface area (Å²) in [5, 5.41) is 0.795. The van der Waals surface area contributed by atoms with Crippen LogP contribution in [0.2, 0.25) is 0 Å². The van der Waals surface area contributed by atoms with Gasteiger partial charge in [0.25, 0.3) is 0 Å². The number of ether oxygens (including phenoxy) is 1. The summed E-state index contributed by atoms with van der Waals surface area (Å²) in [6, 6.07) is 21.8. The van der Waals surface area contributed by atoms with Crippen molar-refractivity contribution in [2.24, 2.45) is 5.92 Å². The summed E-state index contributed by atoms with van der Waals surface area (Å²) in [6.07, 6.45) is 3.54. The number of carbonyl (C=O) groups excluding carboxylic acids is 2. The van der Waals surface area contributed by atoms with Crippen LogP contribution in [0.25, 0.3) is 22.0 Å². The van der Waals surface area contributed by atoms with E-state index in [0.717, 1.165) is 53.4 Å². The number of rotatable bonds is 4. The second-order valence-corrected chi connectivity index (χ2v) is 9.48. The zero-order valence-corrected chi connectivity index (χ0v) is 19.1. The van der Waals surface area contributed by atoms with Gasteiger partial charge in [0.2, 0.25) is 0 Å². The van der Waals surface area contributed by atoms with E-state index in [9.17, 15) is 9.59 Å². The lowest BCUT2D eigenvalue weighted by molar-refractivity contribution is 0.0475. The van der Waals surface area contributed by atoms with Gasteiger partial charge in [-0.1, -0.05) is 61.5 Å². The van der Waals surface area contributed by atoms with E-state index in [1.54, 1.807) is 0 Å². The van der Waals surface area contributed by atoms with Gasteiger partial charge in [0, 0.05) is 16.6 Å². The molecule has 2 aliphatic carbocycles. The molecule has 0 N–H and O–H groups in total. The molecule has 168 valence electrons. The van der Waals surface area contributed by atoms with Crippen LogP contribution in [0.4, 0.5) is 0 Å². The largest absolute Gasteiger partial charge is 0.454 e. The fourth-order valence-electron chi connectivity index (χ4n) is 5.40. The van der Waals surface area contributed by atoms with Crippen LogP contribution < -0.4 is 0 Å². The number of fused-ring (bicyclic) bond motifs is 5. The maximum Gasteiger partial charge on any atom is 0.339 e. The number of para-hydroxylation sites is 1. The summed E-state index contributed by atoms with van der Waals surface area (Å²) in [7, 11) is 0. The Morgan fingerprint density at radius 1 is 0.971 bits per heavy atom. The minimum absolute atomic E-state index is 0.187. The van der Waals surface area contributed by atoms with Gasteiger partial charge in [-0.15, -0.1) is 0 Å².